The molecule has 7 nitrogen and oxygen atoms in total. The first kappa shape index (κ1) is 21.8. The lowest BCUT2D eigenvalue weighted by atomic mass is 10.1. The Labute approximate surface area is 177 Å². The summed E-state index contributed by atoms with van der Waals surface area (Å²) in [7, 11) is 3.20. The molecule has 1 atom stereocenters. The molecule has 160 valence electrons. The van der Waals surface area contributed by atoms with Crippen LogP contribution >= 0.6 is 0 Å². The van der Waals surface area contributed by atoms with E-state index >= 15 is 0 Å². The van der Waals surface area contributed by atoms with E-state index in [-0.39, 0.29) is 17.9 Å². The van der Waals surface area contributed by atoms with E-state index in [0.29, 0.717) is 56.3 Å². The summed E-state index contributed by atoms with van der Waals surface area (Å²) in [6.07, 6.45) is -0.259. The van der Waals surface area contributed by atoms with Crippen LogP contribution in [-0.2, 0) is 9.47 Å². The van der Waals surface area contributed by atoms with E-state index in [1.807, 2.05) is 18.2 Å². The van der Waals surface area contributed by atoms with Crippen LogP contribution in [0, 0.1) is 0 Å². The lowest BCUT2D eigenvalue weighted by Gasteiger charge is -2.36. The van der Waals surface area contributed by atoms with Crippen molar-refractivity contribution in [1.29, 1.82) is 0 Å². The molecule has 1 aliphatic heterocycles. The molecule has 7 heteroatoms. The van der Waals surface area contributed by atoms with E-state index in [1.165, 1.54) is 0 Å². The Kier molecular flexibility index (Phi) is 7.82. The van der Waals surface area contributed by atoms with Crippen LogP contribution < -0.4 is 4.74 Å². The third kappa shape index (κ3) is 5.58. The number of nitrogens with zero attached hydrogens (tertiary/aromatic N) is 2. The molecule has 0 saturated carbocycles. The number of carbonyl (C=O) groups is 2. The maximum atomic E-state index is 12.9. The van der Waals surface area contributed by atoms with Crippen LogP contribution in [0.15, 0.2) is 54.6 Å². The van der Waals surface area contributed by atoms with Gasteiger partial charge in [-0.05, 0) is 36.4 Å². The third-order valence-electron chi connectivity index (χ3n) is 5.06. The van der Waals surface area contributed by atoms with Crippen molar-refractivity contribution in [1.82, 2.24) is 9.80 Å². The molecule has 0 spiro atoms. The molecule has 0 aromatic heterocycles. The lowest BCUT2D eigenvalue weighted by molar-refractivity contribution is -0.0346. The fourth-order valence-corrected chi connectivity index (χ4v) is 3.42. The van der Waals surface area contributed by atoms with E-state index in [4.69, 9.17) is 14.2 Å². The van der Waals surface area contributed by atoms with Gasteiger partial charge in [0.05, 0.1) is 26.4 Å². The Morgan fingerprint density at radius 2 is 1.80 bits per heavy atom. The highest BCUT2D eigenvalue weighted by molar-refractivity contribution is 5.95. The molecular weight excluding hydrogens is 384 g/mol. The molecule has 0 radical (unpaired) electrons. The first-order chi connectivity index (χ1) is 14.6. The predicted octanol–water partition coefficient (Wildman–Crippen LogP) is 2.32. The Bertz CT molecular complexity index is 825. The third-order valence-corrected chi connectivity index (χ3v) is 5.06. The molecule has 2 aromatic rings. The highest BCUT2D eigenvalue weighted by Gasteiger charge is 2.28. The van der Waals surface area contributed by atoms with E-state index in [2.05, 4.69) is 0 Å². The van der Waals surface area contributed by atoms with Crippen LogP contribution in [0.25, 0.3) is 0 Å². The van der Waals surface area contributed by atoms with Crippen LogP contribution in [0.5, 0.6) is 5.75 Å². The van der Waals surface area contributed by atoms with Crippen molar-refractivity contribution in [3.8, 4) is 5.75 Å². The summed E-state index contributed by atoms with van der Waals surface area (Å²) in [4.78, 5) is 29.3. The minimum absolute atomic E-state index is 0.0521. The largest absolute Gasteiger partial charge is 0.497 e. The molecule has 1 fully saturated rings. The Morgan fingerprint density at radius 1 is 1.07 bits per heavy atom. The normalized spacial score (nSPS) is 16.2. The van der Waals surface area contributed by atoms with Crippen molar-refractivity contribution in [3.05, 3.63) is 65.7 Å². The topological polar surface area (TPSA) is 68.3 Å². The van der Waals surface area contributed by atoms with Gasteiger partial charge in [0.15, 0.2) is 0 Å². The van der Waals surface area contributed by atoms with Gasteiger partial charge in [0.1, 0.15) is 5.75 Å². The minimum Gasteiger partial charge on any atom is -0.497 e. The summed E-state index contributed by atoms with van der Waals surface area (Å²) in [5.41, 5.74) is 1.23. The average Bonchev–Trinajstić information content (AvgIpc) is 2.81. The van der Waals surface area contributed by atoms with Gasteiger partial charge in [0, 0.05) is 44.4 Å². The standard InChI is InChI=1S/C23H28N2O5/c1-28-14-12-24(22(26)18-6-4-3-5-7-18)16-21-17-25(13-15-30-21)23(27)19-8-10-20(29-2)11-9-19/h3-11,21H,12-17H2,1-2H3. The maximum Gasteiger partial charge on any atom is 0.254 e. The number of methoxy groups -OCH3 is 2. The van der Waals surface area contributed by atoms with Crippen molar-refractivity contribution in [3.63, 3.8) is 0 Å². The summed E-state index contributed by atoms with van der Waals surface area (Å²) in [6.45, 7) is 2.66. The molecule has 1 heterocycles. The predicted molar refractivity (Wildman–Crippen MR) is 113 cm³/mol. The smallest absolute Gasteiger partial charge is 0.254 e. The maximum absolute atomic E-state index is 12.9. The van der Waals surface area contributed by atoms with Gasteiger partial charge in [-0.3, -0.25) is 9.59 Å². The molecule has 2 aromatic carbocycles. The van der Waals surface area contributed by atoms with Gasteiger partial charge in [0.2, 0.25) is 0 Å². The van der Waals surface area contributed by atoms with Gasteiger partial charge in [-0.2, -0.15) is 0 Å². The van der Waals surface area contributed by atoms with E-state index < -0.39 is 0 Å². The van der Waals surface area contributed by atoms with Crippen molar-refractivity contribution in [2.75, 3.05) is 53.6 Å². The summed E-state index contributed by atoms with van der Waals surface area (Å²) >= 11 is 0. The number of hydrogen-bond acceptors (Lipinski definition) is 5. The van der Waals surface area contributed by atoms with Gasteiger partial charge in [-0.1, -0.05) is 18.2 Å². The van der Waals surface area contributed by atoms with Crippen LogP contribution in [0.3, 0.4) is 0 Å². The van der Waals surface area contributed by atoms with Gasteiger partial charge in [-0.25, -0.2) is 0 Å². The number of rotatable bonds is 8. The molecule has 0 aliphatic carbocycles. The fraction of sp³-hybridized carbons (Fsp3) is 0.391. The van der Waals surface area contributed by atoms with Gasteiger partial charge >= 0.3 is 0 Å². The Morgan fingerprint density at radius 3 is 2.47 bits per heavy atom. The quantitative estimate of drug-likeness (QED) is 0.666. The highest BCUT2D eigenvalue weighted by atomic mass is 16.5. The van der Waals surface area contributed by atoms with Gasteiger partial charge < -0.3 is 24.0 Å². The van der Waals surface area contributed by atoms with Crippen LogP contribution in [0.2, 0.25) is 0 Å². The first-order valence-electron chi connectivity index (χ1n) is 10.0. The summed E-state index contributed by atoms with van der Waals surface area (Å²) in [5, 5.41) is 0. The molecule has 1 aliphatic rings. The van der Waals surface area contributed by atoms with Crippen molar-refractivity contribution in [2.45, 2.75) is 6.10 Å². The molecule has 0 bridgehead atoms. The molecule has 1 saturated heterocycles. The number of carbonyl (C=O) groups excluding carboxylic acids is 2. The minimum atomic E-state index is -0.259. The summed E-state index contributed by atoms with van der Waals surface area (Å²) in [6, 6.07) is 16.2. The number of benzene rings is 2. The second-order valence-electron chi connectivity index (χ2n) is 7.08. The highest BCUT2D eigenvalue weighted by Crippen LogP contribution is 2.16. The second-order valence-corrected chi connectivity index (χ2v) is 7.08. The van der Waals surface area contributed by atoms with Gasteiger partial charge in [-0.15, -0.1) is 0 Å². The van der Waals surface area contributed by atoms with Crippen molar-refractivity contribution >= 4 is 11.8 Å². The van der Waals surface area contributed by atoms with Crippen molar-refractivity contribution in [2.24, 2.45) is 0 Å². The van der Waals surface area contributed by atoms with Crippen molar-refractivity contribution < 1.29 is 23.8 Å². The monoisotopic (exact) mass is 412 g/mol. The zero-order valence-electron chi connectivity index (χ0n) is 17.5. The average molecular weight is 412 g/mol. The molecule has 1 unspecified atom stereocenters. The zero-order chi connectivity index (χ0) is 21.3. The van der Waals surface area contributed by atoms with Gasteiger partial charge in [0.25, 0.3) is 11.8 Å². The number of amides is 2. The Hall–Kier alpha value is -2.90. The van der Waals surface area contributed by atoms with E-state index in [0.717, 1.165) is 0 Å². The zero-order valence-corrected chi connectivity index (χ0v) is 17.5. The number of ether oxygens (including phenoxy) is 3. The summed E-state index contributed by atoms with van der Waals surface area (Å²) in [5.74, 6) is 0.582. The lowest BCUT2D eigenvalue weighted by Crippen LogP contribution is -2.51. The molecular formula is C23H28N2O5. The van der Waals surface area contributed by atoms with Crippen LogP contribution in [-0.4, -0.2) is 81.3 Å². The Balaban J connectivity index is 1.66. The second kappa shape index (κ2) is 10.8. The van der Waals surface area contributed by atoms with Crippen LogP contribution in [0.1, 0.15) is 20.7 Å². The van der Waals surface area contributed by atoms with E-state index in [9.17, 15) is 9.59 Å². The molecule has 30 heavy (non-hydrogen) atoms. The first-order valence-corrected chi connectivity index (χ1v) is 10.0. The van der Waals surface area contributed by atoms with Crippen LogP contribution in [0.4, 0.5) is 0 Å². The molecule has 3 rings (SSSR count). The molecule has 2 amide bonds. The SMILES string of the molecule is COCCN(CC1CN(C(=O)c2ccc(OC)cc2)CCO1)C(=O)c1ccccc1. The van der Waals surface area contributed by atoms with E-state index in [1.54, 1.807) is 60.4 Å². The summed E-state index contributed by atoms with van der Waals surface area (Å²) < 4.78 is 16.2. The fourth-order valence-electron chi connectivity index (χ4n) is 3.42. The number of hydrogen-bond donors (Lipinski definition) is 0. The number of morpholine rings is 1. The molecule has 0 N–H and O–H groups in total.